The Balaban J connectivity index is 1.50. The predicted molar refractivity (Wildman–Crippen MR) is 125 cm³/mol. The summed E-state index contributed by atoms with van der Waals surface area (Å²) in [6, 6.07) is 1.30. The smallest absolute Gasteiger partial charge is 0.228 e. The summed E-state index contributed by atoms with van der Waals surface area (Å²) in [5.74, 6) is -1.08. The van der Waals surface area contributed by atoms with E-state index in [-0.39, 0.29) is 29.8 Å². The summed E-state index contributed by atoms with van der Waals surface area (Å²) in [4.78, 5) is 32.5. The molecular formula is C25H33FN4O4. The van der Waals surface area contributed by atoms with E-state index in [9.17, 15) is 14.0 Å². The molecule has 9 heteroatoms. The molecule has 1 amide bonds. The first-order valence-corrected chi connectivity index (χ1v) is 12.3. The number of pyridine rings is 1. The Morgan fingerprint density at radius 1 is 1.18 bits per heavy atom. The SMILES string of the molecule is Cc1nocc1C(=O)CC(C(=O)Nc1cnc(N2CCOCC2)c(F)c1)C1CCCCCCC1. The molecule has 1 aliphatic heterocycles. The van der Waals surface area contributed by atoms with Crippen molar-refractivity contribution >= 4 is 23.2 Å². The molecule has 2 aromatic rings. The van der Waals surface area contributed by atoms with Gasteiger partial charge in [-0.2, -0.15) is 0 Å². The van der Waals surface area contributed by atoms with Gasteiger partial charge in [0.2, 0.25) is 5.91 Å². The molecule has 0 bridgehead atoms. The summed E-state index contributed by atoms with van der Waals surface area (Å²) in [5, 5.41) is 6.63. The Kier molecular flexibility index (Phi) is 8.26. The lowest BCUT2D eigenvalue weighted by atomic mass is 9.78. The van der Waals surface area contributed by atoms with Crippen LogP contribution in [-0.4, -0.2) is 48.1 Å². The molecule has 8 nitrogen and oxygen atoms in total. The van der Waals surface area contributed by atoms with Crippen LogP contribution in [0.2, 0.25) is 0 Å². The molecule has 184 valence electrons. The largest absolute Gasteiger partial charge is 0.378 e. The lowest BCUT2D eigenvalue weighted by Crippen LogP contribution is -2.37. The first kappa shape index (κ1) is 24.3. The average Bonchev–Trinajstić information content (AvgIpc) is 3.24. The van der Waals surface area contributed by atoms with E-state index < -0.39 is 11.7 Å². The van der Waals surface area contributed by atoms with Crippen LogP contribution < -0.4 is 10.2 Å². The fourth-order valence-corrected chi connectivity index (χ4v) is 4.98. The summed E-state index contributed by atoms with van der Waals surface area (Å²) in [7, 11) is 0. The van der Waals surface area contributed by atoms with E-state index in [4.69, 9.17) is 9.26 Å². The number of ketones is 1. The maximum Gasteiger partial charge on any atom is 0.228 e. The average molecular weight is 473 g/mol. The molecule has 0 spiro atoms. The summed E-state index contributed by atoms with van der Waals surface area (Å²) < 4.78 is 25.1. The number of aryl methyl sites for hydroxylation is 1. The van der Waals surface area contributed by atoms with Crippen LogP contribution >= 0.6 is 0 Å². The zero-order valence-electron chi connectivity index (χ0n) is 19.7. The Labute approximate surface area is 199 Å². The van der Waals surface area contributed by atoms with Gasteiger partial charge in [-0.15, -0.1) is 0 Å². The molecule has 34 heavy (non-hydrogen) atoms. The van der Waals surface area contributed by atoms with E-state index in [1.807, 2.05) is 4.90 Å². The van der Waals surface area contributed by atoms with Crippen molar-refractivity contribution in [3.8, 4) is 0 Å². The maximum atomic E-state index is 14.8. The van der Waals surface area contributed by atoms with Crippen molar-refractivity contribution in [2.45, 2.75) is 58.3 Å². The van der Waals surface area contributed by atoms with Crippen LogP contribution in [-0.2, 0) is 9.53 Å². The molecule has 2 aromatic heterocycles. The van der Waals surface area contributed by atoms with E-state index >= 15 is 0 Å². The van der Waals surface area contributed by atoms with Crippen molar-refractivity contribution in [2.24, 2.45) is 11.8 Å². The quantitative estimate of drug-likeness (QED) is 0.591. The van der Waals surface area contributed by atoms with Crippen molar-refractivity contribution in [3.63, 3.8) is 0 Å². The normalized spacial score (nSPS) is 18.7. The van der Waals surface area contributed by atoms with Crippen LogP contribution in [0.1, 0.15) is 67.4 Å². The van der Waals surface area contributed by atoms with Crippen LogP contribution in [0.5, 0.6) is 0 Å². The zero-order chi connectivity index (χ0) is 23.9. The van der Waals surface area contributed by atoms with Crippen molar-refractivity contribution < 1.29 is 23.2 Å². The first-order chi connectivity index (χ1) is 16.5. The highest BCUT2D eigenvalue weighted by molar-refractivity contribution is 6.01. The van der Waals surface area contributed by atoms with Gasteiger partial charge in [0.05, 0.1) is 36.4 Å². The topological polar surface area (TPSA) is 97.6 Å². The zero-order valence-corrected chi connectivity index (χ0v) is 19.7. The summed E-state index contributed by atoms with van der Waals surface area (Å²) in [6.45, 7) is 3.92. The van der Waals surface area contributed by atoms with Crippen molar-refractivity contribution in [3.05, 3.63) is 35.6 Å². The standard InChI is InChI=1S/C25H33FN4O4/c1-17-21(16-34-29-17)23(31)14-20(18-7-5-3-2-4-6-8-18)25(32)28-19-13-22(26)24(27-15-19)30-9-11-33-12-10-30/h13,15-16,18,20H,2-12,14H2,1H3,(H,28,32). The number of hydrogen-bond donors (Lipinski definition) is 1. The van der Waals surface area contributed by atoms with Gasteiger partial charge in [0, 0.05) is 31.5 Å². The second kappa shape index (κ2) is 11.6. The first-order valence-electron chi connectivity index (χ1n) is 12.3. The van der Waals surface area contributed by atoms with Crippen LogP contribution in [0, 0.1) is 24.6 Å². The number of Topliss-reactive ketones (excluding diaryl/α,β-unsaturated/α-hetero) is 1. The second-order valence-corrected chi connectivity index (χ2v) is 9.27. The van der Waals surface area contributed by atoms with Gasteiger partial charge < -0.3 is 19.5 Å². The lowest BCUT2D eigenvalue weighted by Gasteiger charge is -2.29. The highest BCUT2D eigenvalue weighted by Gasteiger charge is 2.32. The van der Waals surface area contributed by atoms with Gasteiger partial charge in [0.15, 0.2) is 17.4 Å². The maximum absolute atomic E-state index is 14.8. The number of aromatic nitrogens is 2. The number of carbonyl (C=O) groups is 2. The number of morpholine rings is 1. The van der Waals surface area contributed by atoms with Gasteiger partial charge in [-0.05, 0) is 25.7 Å². The number of nitrogens with one attached hydrogen (secondary N) is 1. The monoisotopic (exact) mass is 472 g/mol. The van der Waals surface area contributed by atoms with E-state index in [0.29, 0.717) is 43.2 Å². The summed E-state index contributed by atoms with van der Waals surface area (Å²) in [5.41, 5.74) is 1.22. The van der Waals surface area contributed by atoms with Gasteiger partial charge >= 0.3 is 0 Å². The van der Waals surface area contributed by atoms with E-state index in [0.717, 1.165) is 38.5 Å². The number of carbonyl (C=O) groups excluding carboxylic acids is 2. The highest BCUT2D eigenvalue weighted by Crippen LogP contribution is 2.32. The fraction of sp³-hybridized carbons (Fsp3) is 0.600. The van der Waals surface area contributed by atoms with Crippen molar-refractivity contribution in [1.29, 1.82) is 0 Å². The van der Waals surface area contributed by atoms with Gasteiger partial charge in [-0.3, -0.25) is 9.59 Å². The molecule has 1 aliphatic carbocycles. The molecule has 1 atom stereocenters. The van der Waals surface area contributed by atoms with E-state index in [1.54, 1.807) is 6.92 Å². The minimum Gasteiger partial charge on any atom is -0.378 e. The lowest BCUT2D eigenvalue weighted by molar-refractivity contribution is -0.121. The third-order valence-electron chi connectivity index (χ3n) is 6.91. The number of ether oxygens (including phenoxy) is 1. The summed E-state index contributed by atoms with van der Waals surface area (Å²) >= 11 is 0. The van der Waals surface area contributed by atoms with Gasteiger partial charge in [-0.25, -0.2) is 9.37 Å². The van der Waals surface area contributed by atoms with Crippen LogP contribution in [0.25, 0.3) is 0 Å². The molecule has 0 radical (unpaired) electrons. The van der Waals surface area contributed by atoms with Crippen molar-refractivity contribution in [1.82, 2.24) is 10.1 Å². The number of hydrogen-bond acceptors (Lipinski definition) is 7. The Hall–Kier alpha value is -2.81. The number of halogens is 1. The number of anilines is 2. The molecule has 1 N–H and O–H groups in total. The molecule has 2 fully saturated rings. The van der Waals surface area contributed by atoms with Crippen molar-refractivity contribution in [2.75, 3.05) is 36.5 Å². The van der Waals surface area contributed by atoms with Gasteiger partial charge in [0.1, 0.15) is 6.26 Å². The molecule has 1 unspecified atom stereocenters. The Morgan fingerprint density at radius 3 is 2.53 bits per heavy atom. The minimum atomic E-state index is -0.512. The third kappa shape index (κ3) is 6.00. The highest BCUT2D eigenvalue weighted by atomic mass is 19.1. The fourth-order valence-electron chi connectivity index (χ4n) is 4.98. The predicted octanol–water partition coefficient (Wildman–Crippen LogP) is 4.54. The van der Waals surface area contributed by atoms with Gasteiger partial charge in [-0.1, -0.05) is 37.3 Å². The molecule has 0 aromatic carbocycles. The Morgan fingerprint density at radius 2 is 1.88 bits per heavy atom. The Bertz CT molecular complexity index is 981. The van der Waals surface area contributed by atoms with Gasteiger partial charge in [0.25, 0.3) is 0 Å². The van der Waals surface area contributed by atoms with E-state index in [1.165, 1.54) is 24.9 Å². The number of amides is 1. The van der Waals surface area contributed by atoms with E-state index in [2.05, 4.69) is 15.5 Å². The van der Waals surface area contributed by atoms with Crippen LogP contribution in [0.3, 0.4) is 0 Å². The molecule has 1 saturated carbocycles. The van der Waals surface area contributed by atoms with Crippen LogP contribution in [0.4, 0.5) is 15.9 Å². The molecular weight excluding hydrogens is 439 g/mol. The number of rotatable bonds is 7. The molecule has 2 aliphatic rings. The minimum absolute atomic E-state index is 0.0698. The molecule has 1 saturated heterocycles. The second-order valence-electron chi connectivity index (χ2n) is 9.27. The molecule has 3 heterocycles. The number of nitrogens with zero attached hydrogens (tertiary/aromatic N) is 3. The van der Waals surface area contributed by atoms with Crippen LogP contribution in [0.15, 0.2) is 23.0 Å². The molecule has 4 rings (SSSR count). The third-order valence-corrected chi connectivity index (χ3v) is 6.91. The summed E-state index contributed by atoms with van der Waals surface area (Å²) in [6.07, 6.45) is 10.3.